The van der Waals surface area contributed by atoms with Gasteiger partial charge in [0.15, 0.2) is 0 Å². The van der Waals surface area contributed by atoms with Gasteiger partial charge in [0.05, 0.1) is 11.6 Å². The van der Waals surface area contributed by atoms with E-state index in [1.165, 1.54) is 0 Å². The van der Waals surface area contributed by atoms with Crippen LogP contribution in [0.4, 0.5) is 0 Å². The molecule has 0 aliphatic heterocycles. The third-order valence-corrected chi connectivity index (χ3v) is 4.18. The lowest BCUT2D eigenvalue weighted by molar-refractivity contribution is 0.690. The first-order valence-corrected chi connectivity index (χ1v) is 7.42. The fraction of sp³-hybridized carbons (Fsp3) is 0.118. The maximum Gasteiger partial charge on any atom is 0.0702 e. The number of aromatic nitrogens is 1. The van der Waals surface area contributed by atoms with Gasteiger partial charge in [-0.3, -0.25) is 4.98 Å². The molecule has 4 heteroatoms. The molecule has 1 atom stereocenters. The highest BCUT2D eigenvalue weighted by Gasteiger charge is 2.19. The van der Waals surface area contributed by atoms with Crippen LogP contribution in [-0.4, -0.2) is 12.0 Å². The molecule has 0 saturated heterocycles. The number of hydrogen-bond acceptors (Lipinski definition) is 2. The number of fused-ring (bicyclic) bond motifs is 1. The minimum atomic E-state index is -0.0942. The van der Waals surface area contributed by atoms with Crippen molar-refractivity contribution in [2.24, 2.45) is 0 Å². The molecule has 0 aliphatic carbocycles. The molecule has 0 aliphatic rings. The van der Waals surface area contributed by atoms with E-state index in [2.05, 4.69) is 16.4 Å². The van der Waals surface area contributed by atoms with Gasteiger partial charge in [-0.05, 0) is 36.9 Å². The summed E-state index contributed by atoms with van der Waals surface area (Å²) in [4.78, 5) is 4.51. The summed E-state index contributed by atoms with van der Waals surface area (Å²) in [6, 6.07) is 15.6. The lowest BCUT2D eigenvalue weighted by atomic mass is 9.99. The summed E-state index contributed by atoms with van der Waals surface area (Å²) in [7, 11) is 1.89. The summed E-state index contributed by atoms with van der Waals surface area (Å²) >= 11 is 12.7. The van der Waals surface area contributed by atoms with Crippen LogP contribution in [0.25, 0.3) is 10.9 Å². The monoisotopic (exact) mass is 316 g/mol. The minimum absolute atomic E-state index is 0.0942. The third-order valence-electron chi connectivity index (χ3n) is 3.52. The number of hydrogen-bond donors (Lipinski definition) is 1. The second-order valence-corrected chi connectivity index (χ2v) is 5.63. The minimum Gasteiger partial charge on any atom is -0.309 e. The summed E-state index contributed by atoms with van der Waals surface area (Å²) in [6.07, 6.45) is 1.86. The van der Waals surface area contributed by atoms with Crippen LogP contribution in [0.2, 0.25) is 10.0 Å². The second kappa shape index (κ2) is 6.02. The summed E-state index contributed by atoms with van der Waals surface area (Å²) < 4.78 is 0. The molecule has 1 heterocycles. The van der Waals surface area contributed by atoms with Crippen LogP contribution >= 0.6 is 23.2 Å². The standard InChI is InChI=1S/C17H14Cl2N2/c1-20-17(16-13(18)6-4-7-14(16)19)12-9-11-5-2-3-8-15(11)21-10-12/h2-10,17,20H,1H3. The van der Waals surface area contributed by atoms with Crippen molar-refractivity contribution in [1.82, 2.24) is 10.3 Å². The topological polar surface area (TPSA) is 24.9 Å². The van der Waals surface area contributed by atoms with Crippen molar-refractivity contribution < 1.29 is 0 Å². The number of rotatable bonds is 3. The van der Waals surface area contributed by atoms with Gasteiger partial charge in [0, 0.05) is 27.2 Å². The molecular formula is C17H14Cl2N2. The van der Waals surface area contributed by atoms with E-state index in [0.29, 0.717) is 10.0 Å². The van der Waals surface area contributed by atoms with Crippen LogP contribution in [0.5, 0.6) is 0 Å². The van der Waals surface area contributed by atoms with E-state index < -0.39 is 0 Å². The Morgan fingerprint density at radius 1 is 1.00 bits per heavy atom. The highest BCUT2D eigenvalue weighted by atomic mass is 35.5. The van der Waals surface area contributed by atoms with Crippen LogP contribution in [0.3, 0.4) is 0 Å². The Balaban J connectivity index is 2.14. The zero-order valence-corrected chi connectivity index (χ0v) is 13.0. The van der Waals surface area contributed by atoms with Crippen molar-refractivity contribution in [1.29, 1.82) is 0 Å². The third kappa shape index (κ3) is 2.75. The zero-order valence-electron chi connectivity index (χ0n) is 11.5. The Labute approximate surface area is 133 Å². The molecule has 2 nitrogen and oxygen atoms in total. The van der Waals surface area contributed by atoms with Gasteiger partial charge in [0.25, 0.3) is 0 Å². The highest BCUT2D eigenvalue weighted by molar-refractivity contribution is 6.36. The summed E-state index contributed by atoms with van der Waals surface area (Å²) in [6.45, 7) is 0. The van der Waals surface area contributed by atoms with Crippen molar-refractivity contribution in [3.8, 4) is 0 Å². The van der Waals surface area contributed by atoms with Crippen LogP contribution in [0.15, 0.2) is 54.7 Å². The molecule has 0 spiro atoms. The fourth-order valence-corrected chi connectivity index (χ4v) is 3.13. The summed E-state index contributed by atoms with van der Waals surface area (Å²) in [5, 5.41) is 5.66. The molecule has 3 aromatic rings. The average Bonchev–Trinajstić information content (AvgIpc) is 2.50. The Kier molecular flexibility index (Phi) is 4.11. The maximum atomic E-state index is 6.33. The first-order valence-electron chi connectivity index (χ1n) is 6.66. The number of pyridine rings is 1. The first-order chi connectivity index (χ1) is 10.2. The van der Waals surface area contributed by atoms with Crippen molar-refractivity contribution in [3.63, 3.8) is 0 Å². The molecule has 0 saturated carbocycles. The van der Waals surface area contributed by atoms with Crippen molar-refractivity contribution >= 4 is 34.1 Å². The summed E-state index contributed by atoms with van der Waals surface area (Å²) in [5.41, 5.74) is 2.88. The van der Waals surface area contributed by atoms with Gasteiger partial charge in [0.1, 0.15) is 0 Å². The molecule has 0 amide bonds. The smallest absolute Gasteiger partial charge is 0.0702 e. The maximum absolute atomic E-state index is 6.33. The first kappa shape index (κ1) is 14.3. The van der Waals surface area contributed by atoms with Gasteiger partial charge < -0.3 is 5.32 Å². The van der Waals surface area contributed by atoms with Crippen LogP contribution in [0, 0.1) is 0 Å². The van der Waals surface area contributed by atoms with Gasteiger partial charge in [0.2, 0.25) is 0 Å². The predicted octanol–water partition coefficient (Wildman–Crippen LogP) is 4.85. The Morgan fingerprint density at radius 3 is 2.43 bits per heavy atom. The van der Waals surface area contributed by atoms with E-state index in [1.54, 1.807) is 0 Å². The molecular weight excluding hydrogens is 303 g/mol. The molecule has 0 bridgehead atoms. The van der Waals surface area contributed by atoms with E-state index >= 15 is 0 Å². The highest BCUT2D eigenvalue weighted by Crippen LogP contribution is 2.34. The number of nitrogens with zero attached hydrogens (tertiary/aromatic N) is 1. The number of nitrogens with one attached hydrogen (secondary N) is 1. The SMILES string of the molecule is CNC(c1cnc2ccccc2c1)c1c(Cl)cccc1Cl. The Bertz CT molecular complexity index is 766. The number of benzene rings is 2. The van der Waals surface area contributed by atoms with Crippen LogP contribution < -0.4 is 5.32 Å². The lowest BCUT2D eigenvalue weighted by Crippen LogP contribution is -2.18. The van der Waals surface area contributed by atoms with Gasteiger partial charge >= 0.3 is 0 Å². The lowest BCUT2D eigenvalue weighted by Gasteiger charge is -2.20. The Morgan fingerprint density at radius 2 is 1.71 bits per heavy atom. The van der Waals surface area contributed by atoms with Gasteiger partial charge in [-0.2, -0.15) is 0 Å². The zero-order chi connectivity index (χ0) is 14.8. The molecule has 1 aromatic heterocycles. The molecule has 1 unspecified atom stereocenters. The van der Waals surface area contributed by atoms with Gasteiger partial charge in [-0.25, -0.2) is 0 Å². The van der Waals surface area contributed by atoms with E-state index in [9.17, 15) is 0 Å². The molecule has 21 heavy (non-hydrogen) atoms. The summed E-state index contributed by atoms with van der Waals surface area (Å²) in [5.74, 6) is 0. The molecule has 106 valence electrons. The van der Waals surface area contributed by atoms with E-state index in [1.807, 2.05) is 55.7 Å². The molecule has 2 aromatic carbocycles. The normalized spacial score (nSPS) is 12.5. The largest absolute Gasteiger partial charge is 0.309 e. The van der Waals surface area contributed by atoms with Gasteiger partial charge in [-0.15, -0.1) is 0 Å². The fourth-order valence-electron chi connectivity index (χ4n) is 2.51. The van der Waals surface area contributed by atoms with E-state index in [-0.39, 0.29) is 6.04 Å². The molecule has 3 rings (SSSR count). The average molecular weight is 317 g/mol. The van der Waals surface area contributed by atoms with Crippen LogP contribution in [-0.2, 0) is 0 Å². The second-order valence-electron chi connectivity index (χ2n) is 4.82. The van der Waals surface area contributed by atoms with Gasteiger partial charge in [-0.1, -0.05) is 47.5 Å². The van der Waals surface area contributed by atoms with E-state index in [4.69, 9.17) is 23.2 Å². The van der Waals surface area contributed by atoms with Crippen molar-refractivity contribution in [3.05, 3.63) is 75.9 Å². The van der Waals surface area contributed by atoms with E-state index in [0.717, 1.165) is 22.0 Å². The molecule has 0 fully saturated rings. The number of halogens is 2. The van der Waals surface area contributed by atoms with Crippen molar-refractivity contribution in [2.75, 3.05) is 7.05 Å². The molecule has 0 radical (unpaired) electrons. The number of para-hydroxylation sites is 1. The molecule has 1 N–H and O–H groups in total. The predicted molar refractivity (Wildman–Crippen MR) is 89.1 cm³/mol. The van der Waals surface area contributed by atoms with Crippen LogP contribution in [0.1, 0.15) is 17.2 Å². The quantitative estimate of drug-likeness (QED) is 0.747. The van der Waals surface area contributed by atoms with Crippen molar-refractivity contribution in [2.45, 2.75) is 6.04 Å². The Hall–Kier alpha value is -1.61.